The molecule has 0 radical (unpaired) electrons. The number of aromatic nitrogens is 4. The van der Waals surface area contributed by atoms with E-state index in [0.29, 0.717) is 6.04 Å². The molecule has 1 saturated carbocycles. The number of H-pyrrole nitrogens is 1. The molecule has 2 aromatic heterocycles. The fourth-order valence-electron chi connectivity index (χ4n) is 4.05. The molecule has 3 aromatic rings. The van der Waals surface area contributed by atoms with Crippen LogP contribution in [0.15, 0.2) is 49.1 Å². The van der Waals surface area contributed by atoms with E-state index in [9.17, 15) is 0 Å². The van der Waals surface area contributed by atoms with Gasteiger partial charge in [0, 0.05) is 30.9 Å². The molecule has 5 heteroatoms. The molecule has 2 heterocycles. The Morgan fingerprint density at radius 1 is 1.08 bits per heavy atom. The molecule has 0 atom stereocenters. The molecular formula is C21H27N5. The number of hydrogen-bond acceptors (Lipinski definition) is 3. The normalized spacial score (nSPS) is 15.6. The SMILES string of the molecule is CN(Cc1cn[nH]c1-c1ccccc1)Cc1cncn1C1CCCCC1. The molecule has 0 aliphatic heterocycles. The lowest BCUT2D eigenvalue weighted by atomic mass is 9.95. The minimum absolute atomic E-state index is 0.628. The summed E-state index contributed by atoms with van der Waals surface area (Å²) in [6, 6.07) is 11.0. The Labute approximate surface area is 155 Å². The maximum Gasteiger partial charge on any atom is 0.0951 e. The van der Waals surface area contributed by atoms with E-state index in [4.69, 9.17) is 0 Å². The molecule has 136 valence electrons. The zero-order valence-corrected chi connectivity index (χ0v) is 15.4. The average Bonchev–Trinajstić information content (AvgIpc) is 3.32. The van der Waals surface area contributed by atoms with Crippen LogP contribution in [0.2, 0.25) is 0 Å². The molecule has 1 N–H and O–H groups in total. The van der Waals surface area contributed by atoms with E-state index in [-0.39, 0.29) is 0 Å². The van der Waals surface area contributed by atoms with Crippen LogP contribution in [0.1, 0.15) is 49.4 Å². The number of benzene rings is 1. The number of hydrogen-bond donors (Lipinski definition) is 1. The summed E-state index contributed by atoms with van der Waals surface area (Å²) in [5, 5.41) is 7.43. The number of rotatable bonds is 6. The van der Waals surface area contributed by atoms with Crippen LogP contribution in [-0.4, -0.2) is 31.7 Å². The van der Waals surface area contributed by atoms with Gasteiger partial charge in [0.25, 0.3) is 0 Å². The van der Waals surface area contributed by atoms with Gasteiger partial charge in [0.15, 0.2) is 0 Å². The molecule has 1 aliphatic rings. The second-order valence-electron chi connectivity index (χ2n) is 7.39. The Balaban J connectivity index is 1.45. The van der Waals surface area contributed by atoms with Crippen LogP contribution in [0, 0.1) is 0 Å². The average molecular weight is 349 g/mol. The quantitative estimate of drug-likeness (QED) is 0.717. The highest BCUT2D eigenvalue weighted by Gasteiger charge is 2.18. The predicted molar refractivity (Wildman–Crippen MR) is 104 cm³/mol. The van der Waals surface area contributed by atoms with Crippen molar-refractivity contribution in [3.8, 4) is 11.3 Å². The summed E-state index contributed by atoms with van der Waals surface area (Å²) in [6.07, 6.45) is 12.6. The Hall–Kier alpha value is -2.40. The molecule has 1 aromatic carbocycles. The number of imidazole rings is 1. The van der Waals surface area contributed by atoms with E-state index in [2.05, 4.69) is 56.0 Å². The molecule has 5 nitrogen and oxygen atoms in total. The van der Waals surface area contributed by atoms with Crippen molar-refractivity contribution in [3.63, 3.8) is 0 Å². The predicted octanol–water partition coefficient (Wildman–Crippen LogP) is 4.41. The van der Waals surface area contributed by atoms with Crippen LogP contribution in [-0.2, 0) is 13.1 Å². The van der Waals surface area contributed by atoms with E-state index in [1.807, 2.05) is 24.8 Å². The van der Waals surface area contributed by atoms with Crippen molar-refractivity contribution in [1.29, 1.82) is 0 Å². The molecule has 0 bridgehead atoms. The van der Waals surface area contributed by atoms with Gasteiger partial charge in [0.1, 0.15) is 0 Å². The van der Waals surface area contributed by atoms with Crippen molar-refractivity contribution in [2.45, 2.75) is 51.2 Å². The number of nitrogens with one attached hydrogen (secondary N) is 1. The van der Waals surface area contributed by atoms with Crippen LogP contribution in [0.4, 0.5) is 0 Å². The van der Waals surface area contributed by atoms with Gasteiger partial charge in [-0.15, -0.1) is 0 Å². The van der Waals surface area contributed by atoms with Crippen LogP contribution in [0.25, 0.3) is 11.3 Å². The molecule has 1 aliphatic carbocycles. The van der Waals surface area contributed by atoms with Gasteiger partial charge in [-0.05, 0) is 25.5 Å². The minimum atomic E-state index is 0.628. The highest BCUT2D eigenvalue weighted by Crippen LogP contribution is 2.29. The van der Waals surface area contributed by atoms with Crippen LogP contribution in [0.3, 0.4) is 0 Å². The first-order valence-electron chi connectivity index (χ1n) is 9.58. The summed E-state index contributed by atoms with van der Waals surface area (Å²) in [5.74, 6) is 0. The Morgan fingerprint density at radius 2 is 1.88 bits per heavy atom. The summed E-state index contributed by atoms with van der Waals surface area (Å²) in [4.78, 5) is 6.77. The first-order chi connectivity index (χ1) is 12.8. The van der Waals surface area contributed by atoms with Gasteiger partial charge in [-0.2, -0.15) is 5.10 Å². The van der Waals surface area contributed by atoms with E-state index in [1.54, 1.807) is 0 Å². The van der Waals surface area contributed by atoms with Gasteiger partial charge in [0.2, 0.25) is 0 Å². The van der Waals surface area contributed by atoms with Crippen molar-refractivity contribution >= 4 is 0 Å². The molecule has 26 heavy (non-hydrogen) atoms. The zero-order chi connectivity index (χ0) is 17.8. The lowest BCUT2D eigenvalue weighted by Crippen LogP contribution is -2.22. The van der Waals surface area contributed by atoms with Gasteiger partial charge in [-0.1, -0.05) is 49.6 Å². The van der Waals surface area contributed by atoms with E-state index < -0.39 is 0 Å². The Bertz CT molecular complexity index is 814. The van der Waals surface area contributed by atoms with Gasteiger partial charge in [-0.3, -0.25) is 10.00 Å². The summed E-state index contributed by atoms with van der Waals surface area (Å²) >= 11 is 0. The lowest BCUT2D eigenvalue weighted by Gasteiger charge is -2.26. The summed E-state index contributed by atoms with van der Waals surface area (Å²) in [5.41, 5.74) is 4.82. The van der Waals surface area contributed by atoms with Gasteiger partial charge in [0.05, 0.1) is 23.9 Å². The van der Waals surface area contributed by atoms with Gasteiger partial charge >= 0.3 is 0 Å². The van der Waals surface area contributed by atoms with E-state index >= 15 is 0 Å². The Morgan fingerprint density at radius 3 is 2.69 bits per heavy atom. The zero-order valence-electron chi connectivity index (χ0n) is 15.4. The number of aromatic amines is 1. The van der Waals surface area contributed by atoms with Crippen LogP contribution < -0.4 is 0 Å². The second kappa shape index (κ2) is 7.87. The second-order valence-corrected chi connectivity index (χ2v) is 7.39. The van der Waals surface area contributed by atoms with Crippen molar-refractivity contribution in [1.82, 2.24) is 24.6 Å². The summed E-state index contributed by atoms with van der Waals surface area (Å²) in [7, 11) is 2.17. The van der Waals surface area contributed by atoms with E-state index in [0.717, 1.165) is 18.8 Å². The maximum absolute atomic E-state index is 4.43. The first kappa shape index (κ1) is 17.0. The number of nitrogens with zero attached hydrogens (tertiary/aromatic N) is 4. The molecule has 0 amide bonds. The third kappa shape index (κ3) is 3.73. The minimum Gasteiger partial charge on any atom is -0.330 e. The highest BCUT2D eigenvalue weighted by molar-refractivity contribution is 5.62. The summed E-state index contributed by atoms with van der Waals surface area (Å²) in [6.45, 7) is 1.76. The Kier molecular flexibility index (Phi) is 5.16. The fourth-order valence-corrected chi connectivity index (χ4v) is 4.05. The molecule has 0 saturated heterocycles. The van der Waals surface area contributed by atoms with Crippen LogP contribution in [0.5, 0.6) is 0 Å². The standard InChI is InChI=1S/C21H27N5/c1-25(14-18-12-23-24-21(18)17-8-4-2-5-9-17)15-20-13-22-16-26(20)19-10-6-3-7-11-19/h2,4-5,8-9,12-13,16,19H,3,6-7,10-11,14-15H2,1H3,(H,23,24). The summed E-state index contributed by atoms with van der Waals surface area (Å²) < 4.78 is 2.41. The van der Waals surface area contributed by atoms with Crippen molar-refractivity contribution in [3.05, 3.63) is 60.3 Å². The molecule has 0 spiro atoms. The maximum atomic E-state index is 4.43. The molecule has 1 fully saturated rings. The largest absolute Gasteiger partial charge is 0.330 e. The van der Waals surface area contributed by atoms with E-state index in [1.165, 1.54) is 48.9 Å². The van der Waals surface area contributed by atoms with Crippen LogP contribution >= 0.6 is 0 Å². The molecule has 0 unspecified atom stereocenters. The molecule has 4 rings (SSSR count). The smallest absolute Gasteiger partial charge is 0.0951 e. The van der Waals surface area contributed by atoms with Crippen molar-refractivity contribution in [2.75, 3.05) is 7.05 Å². The van der Waals surface area contributed by atoms with Crippen molar-refractivity contribution < 1.29 is 0 Å². The topological polar surface area (TPSA) is 49.7 Å². The van der Waals surface area contributed by atoms with Gasteiger partial charge in [-0.25, -0.2) is 4.98 Å². The van der Waals surface area contributed by atoms with Crippen molar-refractivity contribution in [2.24, 2.45) is 0 Å². The third-order valence-corrected chi connectivity index (χ3v) is 5.37. The fraction of sp³-hybridized carbons (Fsp3) is 0.429. The molecular weight excluding hydrogens is 322 g/mol. The van der Waals surface area contributed by atoms with Gasteiger partial charge < -0.3 is 4.57 Å². The highest BCUT2D eigenvalue weighted by atomic mass is 15.2. The lowest BCUT2D eigenvalue weighted by molar-refractivity contribution is 0.291. The monoisotopic (exact) mass is 349 g/mol. The first-order valence-corrected chi connectivity index (χ1v) is 9.58. The third-order valence-electron chi connectivity index (χ3n) is 5.37.